The molecule has 1 aliphatic rings. The van der Waals surface area contributed by atoms with Gasteiger partial charge in [-0.15, -0.1) is 10.2 Å². The number of hydrogen-bond acceptors (Lipinski definition) is 4. The van der Waals surface area contributed by atoms with Crippen LogP contribution in [0.2, 0.25) is 0 Å². The number of halogens is 1. The quantitative estimate of drug-likeness (QED) is 0.503. The normalized spacial score (nSPS) is 17.0. The average molecular weight is 408 g/mol. The third-order valence-electron chi connectivity index (χ3n) is 4.55. The number of carbonyl (C=O) groups excluding carboxylic acids is 1. The van der Waals surface area contributed by atoms with Gasteiger partial charge in [0.05, 0.1) is 5.25 Å². The fourth-order valence-corrected chi connectivity index (χ4v) is 4.56. The van der Waals surface area contributed by atoms with E-state index in [1.54, 1.807) is 0 Å². The van der Waals surface area contributed by atoms with Crippen LogP contribution in [0.25, 0.3) is 0 Å². The maximum atomic E-state index is 12.7. The summed E-state index contributed by atoms with van der Waals surface area (Å²) >= 11 is 4.92. The number of aryl methyl sites for hydroxylation is 1. The number of thioether (sulfide) groups is 1. The van der Waals surface area contributed by atoms with Crippen LogP contribution in [0, 0.1) is 6.92 Å². The molecule has 0 bridgehead atoms. The highest BCUT2D eigenvalue weighted by Gasteiger charge is 2.24. The van der Waals surface area contributed by atoms with Crippen LogP contribution >= 0.6 is 27.7 Å². The third-order valence-corrected chi connectivity index (χ3v) is 6.14. The first-order valence-corrected chi connectivity index (χ1v) is 10.1. The van der Waals surface area contributed by atoms with Crippen molar-refractivity contribution in [2.75, 3.05) is 0 Å². The molecule has 1 saturated carbocycles. The Hall–Kier alpha value is -1.14. The van der Waals surface area contributed by atoms with Crippen LogP contribution in [0.15, 0.2) is 33.9 Å². The van der Waals surface area contributed by atoms with Crippen molar-refractivity contribution in [3.05, 3.63) is 40.1 Å². The minimum atomic E-state index is -0.183. The molecule has 0 amide bonds. The van der Waals surface area contributed by atoms with Gasteiger partial charge in [-0.05, 0) is 38.8 Å². The van der Waals surface area contributed by atoms with E-state index < -0.39 is 0 Å². The maximum absolute atomic E-state index is 12.7. The number of nitrogens with zero attached hydrogens (tertiary/aromatic N) is 3. The summed E-state index contributed by atoms with van der Waals surface area (Å²) in [6, 6.07) is 8.01. The maximum Gasteiger partial charge on any atom is 0.192 e. The minimum Gasteiger partial charge on any atom is -0.303 e. The van der Waals surface area contributed by atoms with E-state index >= 15 is 0 Å². The van der Waals surface area contributed by atoms with Gasteiger partial charge < -0.3 is 4.57 Å². The highest BCUT2D eigenvalue weighted by atomic mass is 79.9. The molecule has 1 fully saturated rings. The Morgan fingerprint density at radius 3 is 2.54 bits per heavy atom. The summed E-state index contributed by atoms with van der Waals surface area (Å²) in [4.78, 5) is 12.7. The smallest absolute Gasteiger partial charge is 0.192 e. The number of carbonyl (C=O) groups is 1. The fourth-order valence-electron chi connectivity index (χ4n) is 3.25. The molecule has 1 aromatic heterocycles. The summed E-state index contributed by atoms with van der Waals surface area (Å²) in [5.74, 6) is 1.08. The Balaban J connectivity index is 1.75. The Bertz CT molecular complexity index is 708. The molecule has 1 aliphatic carbocycles. The molecule has 1 aromatic carbocycles. The van der Waals surface area contributed by atoms with Gasteiger partial charge in [0.15, 0.2) is 10.9 Å². The van der Waals surface area contributed by atoms with Gasteiger partial charge in [-0.25, -0.2) is 0 Å². The van der Waals surface area contributed by atoms with Crippen molar-refractivity contribution >= 4 is 33.5 Å². The lowest BCUT2D eigenvalue weighted by molar-refractivity contribution is 0.0993. The van der Waals surface area contributed by atoms with Crippen molar-refractivity contribution in [2.45, 2.75) is 62.4 Å². The zero-order valence-corrected chi connectivity index (χ0v) is 16.4. The predicted molar refractivity (Wildman–Crippen MR) is 101 cm³/mol. The van der Waals surface area contributed by atoms with Crippen molar-refractivity contribution in [1.29, 1.82) is 0 Å². The van der Waals surface area contributed by atoms with Gasteiger partial charge in [-0.1, -0.05) is 59.1 Å². The van der Waals surface area contributed by atoms with Crippen molar-refractivity contribution < 1.29 is 4.79 Å². The second kappa shape index (κ2) is 7.83. The molecule has 128 valence electrons. The molecule has 1 heterocycles. The van der Waals surface area contributed by atoms with Gasteiger partial charge in [0.2, 0.25) is 0 Å². The van der Waals surface area contributed by atoms with Gasteiger partial charge in [0.1, 0.15) is 5.82 Å². The van der Waals surface area contributed by atoms with E-state index in [1.807, 2.05) is 38.1 Å². The monoisotopic (exact) mass is 407 g/mol. The van der Waals surface area contributed by atoms with Crippen LogP contribution < -0.4 is 0 Å². The fraction of sp³-hybridized carbons (Fsp3) is 0.500. The van der Waals surface area contributed by atoms with Crippen molar-refractivity contribution in [3.63, 3.8) is 0 Å². The van der Waals surface area contributed by atoms with Crippen molar-refractivity contribution in [3.8, 4) is 0 Å². The van der Waals surface area contributed by atoms with Crippen LogP contribution in [0.1, 0.15) is 61.3 Å². The number of rotatable bonds is 5. The number of hydrogen-bond donors (Lipinski definition) is 0. The van der Waals surface area contributed by atoms with E-state index in [0.717, 1.165) is 21.0 Å². The lowest BCUT2D eigenvalue weighted by atomic mass is 9.95. The third kappa shape index (κ3) is 3.91. The first kappa shape index (κ1) is 17.7. The van der Waals surface area contributed by atoms with E-state index in [4.69, 9.17) is 0 Å². The summed E-state index contributed by atoms with van der Waals surface area (Å²) in [5.41, 5.74) is 0.735. The molecule has 0 spiro atoms. The van der Waals surface area contributed by atoms with E-state index in [9.17, 15) is 4.79 Å². The zero-order valence-electron chi connectivity index (χ0n) is 14.0. The first-order chi connectivity index (χ1) is 11.6. The summed E-state index contributed by atoms with van der Waals surface area (Å²) in [6.07, 6.45) is 6.21. The van der Waals surface area contributed by atoms with E-state index in [2.05, 4.69) is 30.7 Å². The first-order valence-electron chi connectivity index (χ1n) is 8.44. The molecule has 6 heteroatoms. The molecule has 3 rings (SSSR count). The van der Waals surface area contributed by atoms with E-state index in [-0.39, 0.29) is 11.0 Å². The van der Waals surface area contributed by atoms with Crippen LogP contribution in [0.3, 0.4) is 0 Å². The lowest BCUT2D eigenvalue weighted by Crippen LogP contribution is -2.18. The Morgan fingerprint density at radius 1 is 1.21 bits per heavy atom. The van der Waals surface area contributed by atoms with Crippen LogP contribution in [-0.4, -0.2) is 25.8 Å². The van der Waals surface area contributed by atoms with Crippen LogP contribution in [0.4, 0.5) is 0 Å². The molecule has 0 saturated heterocycles. The van der Waals surface area contributed by atoms with E-state index in [0.29, 0.717) is 6.04 Å². The average Bonchev–Trinajstić information content (AvgIpc) is 2.96. The highest BCUT2D eigenvalue weighted by molar-refractivity contribution is 9.10. The van der Waals surface area contributed by atoms with Crippen molar-refractivity contribution in [2.24, 2.45) is 0 Å². The SMILES string of the molecule is Cc1nnc(S[C@H](C)C(=O)c2ccc(Br)cc2)n1C1CCCCC1. The Kier molecular flexibility index (Phi) is 5.76. The van der Waals surface area contributed by atoms with Gasteiger partial charge >= 0.3 is 0 Å². The minimum absolute atomic E-state index is 0.128. The van der Waals surface area contributed by atoms with Crippen LogP contribution in [0.5, 0.6) is 0 Å². The van der Waals surface area contributed by atoms with Gasteiger partial charge in [-0.3, -0.25) is 4.79 Å². The highest BCUT2D eigenvalue weighted by Crippen LogP contribution is 2.34. The molecule has 0 aliphatic heterocycles. The second-order valence-electron chi connectivity index (χ2n) is 6.32. The predicted octanol–water partition coefficient (Wildman–Crippen LogP) is 5.22. The van der Waals surface area contributed by atoms with E-state index in [1.165, 1.54) is 43.9 Å². The van der Waals surface area contributed by atoms with Gasteiger partial charge in [-0.2, -0.15) is 0 Å². The van der Waals surface area contributed by atoms with Gasteiger partial charge in [0.25, 0.3) is 0 Å². The molecule has 2 aromatic rings. The Morgan fingerprint density at radius 2 is 1.88 bits per heavy atom. The Labute approximate surface area is 155 Å². The number of ketones is 1. The molecular formula is C18H22BrN3OS. The molecule has 0 unspecified atom stereocenters. The molecule has 24 heavy (non-hydrogen) atoms. The number of aromatic nitrogens is 3. The molecule has 0 radical (unpaired) electrons. The standard InChI is InChI=1S/C18H22BrN3OS/c1-12(17(23)14-8-10-15(19)11-9-14)24-18-21-20-13(2)22(18)16-6-4-3-5-7-16/h8-12,16H,3-7H2,1-2H3/t12-/m1/s1. The molecule has 0 N–H and O–H groups in total. The largest absolute Gasteiger partial charge is 0.303 e. The second-order valence-corrected chi connectivity index (χ2v) is 8.55. The molecule has 1 atom stereocenters. The molecule has 4 nitrogen and oxygen atoms in total. The zero-order chi connectivity index (χ0) is 17.1. The summed E-state index contributed by atoms with van der Waals surface area (Å²) in [6.45, 7) is 3.96. The summed E-state index contributed by atoms with van der Waals surface area (Å²) in [7, 11) is 0. The van der Waals surface area contributed by atoms with Crippen molar-refractivity contribution in [1.82, 2.24) is 14.8 Å². The lowest BCUT2D eigenvalue weighted by Gasteiger charge is -2.25. The topological polar surface area (TPSA) is 47.8 Å². The number of benzene rings is 1. The summed E-state index contributed by atoms with van der Waals surface area (Å²) < 4.78 is 3.22. The van der Waals surface area contributed by atoms with Crippen LogP contribution in [-0.2, 0) is 0 Å². The molecular weight excluding hydrogens is 386 g/mol. The van der Waals surface area contributed by atoms with Gasteiger partial charge in [0, 0.05) is 16.1 Å². The number of Topliss-reactive ketones (excluding diaryl/α,β-unsaturated/α-hetero) is 1. The summed E-state index contributed by atoms with van der Waals surface area (Å²) in [5, 5.41) is 9.29.